The molecule has 9 nitrogen and oxygen atoms in total. The van der Waals surface area contributed by atoms with Gasteiger partial charge in [-0.25, -0.2) is 9.97 Å². The first-order chi connectivity index (χ1) is 12.1. The number of fused-ring (bicyclic) bond motifs is 1. The maximum absolute atomic E-state index is 11.7. The number of nitrogens with zero attached hydrogens (tertiary/aromatic N) is 4. The molecule has 3 heterocycles. The van der Waals surface area contributed by atoms with E-state index in [1.165, 1.54) is 24.7 Å². The highest BCUT2D eigenvalue weighted by Crippen LogP contribution is 2.44. The summed E-state index contributed by atoms with van der Waals surface area (Å²) < 4.78 is 18.4. The van der Waals surface area contributed by atoms with Crippen molar-refractivity contribution in [3.63, 3.8) is 0 Å². The molecule has 140 valence electrons. The Hall–Kier alpha value is -1.97. The van der Waals surface area contributed by atoms with Crippen LogP contribution in [0.4, 0.5) is 0 Å². The van der Waals surface area contributed by atoms with E-state index in [-0.39, 0.29) is 10.4 Å². The molecule has 1 aliphatic heterocycles. The van der Waals surface area contributed by atoms with E-state index in [4.69, 9.17) is 37.4 Å². The van der Waals surface area contributed by atoms with Crippen LogP contribution in [0, 0.1) is 0 Å². The summed E-state index contributed by atoms with van der Waals surface area (Å²) in [5.74, 6) is -1.07. The van der Waals surface area contributed by atoms with Gasteiger partial charge in [-0.15, -0.1) is 0 Å². The van der Waals surface area contributed by atoms with E-state index >= 15 is 0 Å². The highest BCUT2D eigenvalue weighted by Gasteiger charge is 2.58. The van der Waals surface area contributed by atoms with Crippen LogP contribution < -0.4 is 0 Å². The van der Waals surface area contributed by atoms with E-state index in [0.717, 1.165) is 0 Å². The van der Waals surface area contributed by atoms with Gasteiger partial charge in [-0.1, -0.05) is 11.6 Å². The van der Waals surface area contributed by atoms with Gasteiger partial charge in [0.15, 0.2) is 28.7 Å². The summed E-state index contributed by atoms with van der Waals surface area (Å²) >= 11 is 12.0. The fraction of sp³-hybridized carbons (Fsp3) is 0.533. The predicted molar refractivity (Wildman–Crippen MR) is 90.7 cm³/mol. The largest absolute Gasteiger partial charge is 0.455 e. The molecular formula is C15H16Cl2N4O5. The number of carbonyl (C=O) groups excluding carboxylic acids is 2. The van der Waals surface area contributed by atoms with Crippen molar-refractivity contribution in [1.29, 1.82) is 0 Å². The topological polar surface area (TPSA) is 105 Å². The Bertz CT molecular complexity index is 888. The molecule has 0 radical (unpaired) electrons. The van der Waals surface area contributed by atoms with E-state index < -0.39 is 36.0 Å². The van der Waals surface area contributed by atoms with Gasteiger partial charge in [0, 0.05) is 13.8 Å². The highest BCUT2D eigenvalue weighted by atomic mass is 35.5. The normalized spacial score (nSPS) is 28.3. The first-order valence-electron chi connectivity index (χ1n) is 7.71. The zero-order chi connectivity index (χ0) is 19.2. The fourth-order valence-electron chi connectivity index (χ4n) is 3.20. The maximum Gasteiger partial charge on any atom is 0.303 e. The number of rotatable bonds is 3. The highest BCUT2D eigenvalue weighted by molar-refractivity contribution is 6.35. The molecule has 2 aromatic rings. The van der Waals surface area contributed by atoms with E-state index in [9.17, 15) is 9.59 Å². The molecule has 3 rings (SSSR count). The molecule has 2 unspecified atom stereocenters. The Morgan fingerprint density at radius 2 is 1.96 bits per heavy atom. The summed E-state index contributed by atoms with van der Waals surface area (Å²) in [6.07, 6.45) is -0.841. The maximum atomic E-state index is 11.7. The van der Waals surface area contributed by atoms with Gasteiger partial charge in [-0.2, -0.15) is 4.98 Å². The first kappa shape index (κ1) is 18.8. The van der Waals surface area contributed by atoms with Crippen LogP contribution in [0.1, 0.15) is 33.9 Å². The Kier molecular flexibility index (Phi) is 4.80. The Morgan fingerprint density at radius 3 is 2.58 bits per heavy atom. The lowest BCUT2D eigenvalue weighted by Gasteiger charge is -2.33. The molecule has 0 bridgehead atoms. The molecule has 1 saturated heterocycles. The van der Waals surface area contributed by atoms with Crippen molar-refractivity contribution in [2.24, 2.45) is 0 Å². The number of ether oxygens (including phenoxy) is 3. The van der Waals surface area contributed by atoms with Gasteiger partial charge >= 0.3 is 11.9 Å². The van der Waals surface area contributed by atoms with Crippen molar-refractivity contribution < 1.29 is 23.8 Å². The number of hydrogen-bond acceptors (Lipinski definition) is 8. The zero-order valence-corrected chi connectivity index (χ0v) is 15.9. The lowest BCUT2D eigenvalue weighted by molar-refractivity contribution is -0.184. The fourth-order valence-corrected chi connectivity index (χ4v) is 3.62. The van der Waals surface area contributed by atoms with E-state index in [0.29, 0.717) is 11.2 Å². The molecule has 0 aliphatic carbocycles. The molecule has 0 amide bonds. The van der Waals surface area contributed by atoms with Crippen LogP contribution in [0.3, 0.4) is 0 Å². The predicted octanol–water partition coefficient (Wildman–Crippen LogP) is 2.30. The van der Waals surface area contributed by atoms with Crippen molar-refractivity contribution in [2.45, 2.75) is 51.7 Å². The molecule has 11 heteroatoms. The second-order valence-electron chi connectivity index (χ2n) is 6.11. The number of esters is 2. The number of aromatic nitrogens is 4. The van der Waals surface area contributed by atoms with Crippen molar-refractivity contribution in [3.8, 4) is 0 Å². The molecule has 0 aromatic carbocycles. The van der Waals surface area contributed by atoms with Gasteiger partial charge < -0.3 is 14.2 Å². The quantitative estimate of drug-likeness (QED) is 0.437. The second-order valence-corrected chi connectivity index (χ2v) is 6.80. The van der Waals surface area contributed by atoms with Gasteiger partial charge in [-0.3, -0.25) is 14.2 Å². The molecule has 0 saturated carbocycles. The lowest BCUT2D eigenvalue weighted by atomic mass is 9.96. The summed E-state index contributed by atoms with van der Waals surface area (Å²) in [5, 5.41) is 0.0107. The van der Waals surface area contributed by atoms with Crippen molar-refractivity contribution in [3.05, 3.63) is 16.8 Å². The number of imidazole rings is 1. The van der Waals surface area contributed by atoms with E-state index in [2.05, 4.69) is 15.0 Å². The summed E-state index contributed by atoms with van der Waals surface area (Å²) in [7, 11) is 0. The number of hydrogen-bond donors (Lipinski definition) is 0. The third-order valence-corrected chi connectivity index (χ3v) is 4.52. The van der Waals surface area contributed by atoms with E-state index in [1.807, 2.05) is 0 Å². The Balaban J connectivity index is 2.13. The van der Waals surface area contributed by atoms with E-state index in [1.54, 1.807) is 13.8 Å². The number of carbonyl (C=O) groups is 2. The number of halogens is 2. The summed E-state index contributed by atoms with van der Waals surface area (Å²) in [6, 6.07) is 0. The van der Waals surface area contributed by atoms with Gasteiger partial charge in [0.05, 0.1) is 12.4 Å². The smallest absolute Gasteiger partial charge is 0.303 e. The van der Waals surface area contributed by atoms with Crippen LogP contribution in [-0.2, 0) is 23.8 Å². The summed E-state index contributed by atoms with van der Waals surface area (Å²) in [5.41, 5.74) is -0.712. The minimum absolute atomic E-state index is 0.0685. The van der Waals surface area contributed by atoms with Crippen molar-refractivity contribution in [2.75, 3.05) is 0 Å². The lowest BCUT2D eigenvalue weighted by Crippen LogP contribution is -2.48. The van der Waals surface area contributed by atoms with Crippen LogP contribution in [0.25, 0.3) is 11.2 Å². The average molecular weight is 403 g/mol. The van der Waals surface area contributed by atoms with Crippen LogP contribution in [0.2, 0.25) is 10.4 Å². The van der Waals surface area contributed by atoms with Gasteiger partial charge in [-0.05, 0) is 25.4 Å². The average Bonchev–Trinajstić information content (AvgIpc) is 3.01. The van der Waals surface area contributed by atoms with Gasteiger partial charge in [0.1, 0.15) is 5.52 Å². The monoisotopic (exact) mass is 402 g/mol. The molecule has 1 aliphatic rings. The molecular weight excluding hydrogens is 387 g/mol. The minimum atomic E-state index is -1.32. The molecule has 0 N–H and O–H groups in total. The molecule has 4 atom stereocenters. The van der Waals surface area contributed by atoms with Crippen LogP contribution in [-0.4, -0.2) is 49.3 Å². The van der Waals surface area contributed by atoms with Gasteiger partial charge in [0.2, 0.25) is 5.28 Å². The first-order valence-corrected chi connectivity index (χ1v) is 8.47. The molecule has 2 aromatic heterocycles. The third kappa shape index (κ3) is 3.10. The SMILES string of the molecule is CC(=O)OC1[C@H](C)O[C@@H](n2cnc3c(Cl)nc(Cl)nc32)C1(C)OC(C)=O. The van der Waals surface area contributed by atoms with Gasteiger partial charge in [0.25, 0.3) is 0 Å². The zero-order valence-electron chi connectivity index (χ0n) is 14.4. The Morgan fingerprint density at radius 1 is 1.27 bits per heavy atom. The third-order valence-electron chi connectivity index (χ3n) is 4.09. The van der Waals surface area contributed by atoms with Crippen molar-refractivity contribution in [1.82, 2.24) is 19.5 Å². The Labute approximate surface area is 158 Å². The minimum Gasteiger partial charge on any atom is -0.455 e. The van der Waals surface area contributed by atoms with Crippen LogP contribution in [0.15, 0.2) is 6.33 Å². The van der Waals surface area contributed by atoms with Crippen molar-refractivity contribution >= 4 is 46.3 Å². The standard InChI is InChI=1S/C15H16Cl2N4O5/c1-6-10(25-7(2)22)15(4,26-8(3)23)13(24-6)21-5-18-9-11(16)19-14(17)20-12(9)21/h5-6,10,13H,1-4H3/t6-,10?,13+,15?/m0/s1. The molecule has 26 heavy (non-hydrogen) atoms. The summed E-state index contributed by atoms with van der Waals surface area (Å²) in [4.78, 5) is 35.4. The second kappa shape index (κ2) is 6.64. The van der Waals surface area contributed by atoms with Crippen LogP contribution >= 0.6 is 23.2 Å². The van der Waals surface area contributed by atoms with Crippen LogP contribution in [0.5, 0.6) is 0 Å². The molecule has 1 fully saturated rings. The molecule has 0 spiro atoms. The summed E-state index contributed by atoms with van der Waals surface area (Å²) in [6.45, 7) is 5.86.